The van der Waals surface area contributed by atoms with Crippen molar-refractivity contribution in [2.24, 2.45) is 5.92 Å². The van der Waals surface area contributed by atoms with Crippen molar-refractivity contribution in [1.29, 1.82) is 0 Å². The van der Waals surface area contributed by atoms with Gasteiger partial charge in [0.05, 0.1) is 18.6 Å². The smallest absolute Gasteiger partial charge is 0.309 e. The Kier molecular flexibility index (Phi) is 6.08. The predicted molar refractivity (Wildman–Crippen MR) is 111 cm³/mol. The third-order valence-electron chi connectivity index (χ3n) is 6.15. The highest BCUT2D eigenvalue weighted by molar-refractivity contribution is 5.72. The van der Waals surface area contributed by atoms with Gasteiger partial charge in [-0.15, -0.1) is 0 Å². The number of piperidine rings is 1. The molecule has 28 heavy (non-hydrogen) atoms. The number of hydrogen-bond acceptors (Lipinski definition) is 4. The number of rotatable bonds is 6. The van der Waals surface area contributed by atoms with Gasteiger partial charge in [0.15, 0.2) is 0 Å². The second-order valence-corrected chi connectivity index (χ2v) is 7.89. The summed E-state index contributed by atoms with van der Waals surface area (Å²) in [7, 11) is 0. The fourth-order valence-corrected chi connectivity index (χ4v) is 4.57. The van der Waals surface area contributed by atoms with Crippen molar-refractivity contribution in [2.75, 3.05) is 32.8 Å². The highest BCUT2D eigenvalue weighted by Gasteiger charge is 2.39. The third-order valence-corrected chi connectivity index (χ3v) is 6.15. The molecule has 0 spiro atoms. The van der Waals surface area contributed by atoms with Crippen LogP contribution in [0.1, 0.15) is 36.9 Å². The van der Waals surface area contributed by atoms with E-state index in [2.05, 4.69) is 70.5 Å². The Morgan fingerprint density at radius 2 is 1.50 bits per heavy atom. The van der Waals surface area contributed by atoms with E-state index in [4.69, 9.17) is 4.74 Å². The Bertz CT molecular complexity index is 711. The second kappa shape index (κ2) is 8.89. The summed E-state index contributed by atoms with van der Waals surface area (Å²) in [6.45, 7) is 6.53. The lowest BCUT2D eigenvalue weighted by Crippen LogP contribution is -2.61. The number of benzene rings is 2. The minimum absolute atomic E-state index is 0.00870. The van der Waals surface area contributed by atoms with E-state index in [1.165, 1.54) is 11.1 Å². The van der Waals surface area contributed by atoms with Crippen molar-refractivity contribution in [3.8, 4) is 0 Å². The van der Waals surface area contributed by atoms with Crippen LogP contribution in [0.15, 0.2) is 60.7 Å². The van der Waals surface area contributed by atoms with Crippen molar-refractivity contribution >= 4 is 5.97 Å². The van der Waals surface area contributed by atoms with Gasteiger partial charge in [0, 0.05) is 19.1 Å². The van der Waals surface area contributed by atoms with Crippen LogP contribution in [-0.4, -0.2) is 54.6 Å². The fourth-order valence-electron chi connectivity index (χ4n) is 4.57. The summed E-state index contributed by atoms with van der Waals surface area (Å²) in [6, 6.07) is 22.5. The van der Waals surface area contributed by atoms with Gasteiger partial charge < -0.3 is 4.74 Å². The Balaban J connectivity index is 1.37. The van der Waals surface area contributed by atoms with E-state index in [0.29, 0.717) is 18.7 Å². The third kappa shape index (κ3) is 4.13. The van der Waals surface area contributed by atoms with E-state index in [1.54, 1.807) is 0 Å². The second-order valence-electron chi connectivity index (χ2n) is 7.89. The maximum Gasteiger partial charge on any atom is 0.309 e. The number of nitrogens with zero attached hydrogens (tertiary/aromatic N) is 2. The number of hydrogen-bond donors (Lipinski definition) is 0. The molecule has 2 aromatic carbocycles. The first-order valence-electron chi connectivity index (χ1n) is 10.5. The van der Waals surface area contributed by atoms with Gasteiger partial charge in [-0.3, -0.25) is 14.6 Å². The first kappa shape index (κ1) is 19.2. The molecule has 0 saturated carbocycles. The summed E-state index contributed by atoms with van der Waals surface area (Å²) >= 11 is 0. The van der Waals surface area contributed by atoms with Crippen LogP contribution in [0.5, 0.6) is 0 Å². The van der Waals surface area contributed by atoms with Crippen molar-refractivity contribution in [2.45, 2.75) is 31.8 Å². The van der Waals surface area contributed by atoms with Crippen LogP contribution in [-0.2, 0) is 9.53 Å². The molecule has 2 saturated heterocycles. The predicted octanol–water partition coefficient (Wildman–Crippen LogP) is 3.74. The molecule has 2 fully saturated rings. The Morgan fingerprint density at radius 3 is 2.00 bits per heavy atom. The molecule has 0 N–H and O–H groups in total. The number of esters is 1. The van der Waals surface area contributed by atoms with Crippen molar-refractivity contribution in [3.05, 3.63) is 71.8 Å². The first-order chi connectivity index (χ1) is 13.8. The van der Waals surface area contributed by atoms with Gasteiger partial charge in [0.1, 0.15) is 0 Å². The molecule has 148 valence electrons. The molecule has 0 radical (unpaired) electrons. The van der Waals surface area contributed by atoms with Gasteiger partial charge in [-0.2, -0.15) is 0 Å². The first-order valence-corrected chi connectivity index (χ1v) is 10.5. The van der Waals surface area contributed by atoms with Crippen molar-refractivity contribution in [1.82, 2.24) is 9.80 Å². The molecule has 2 aliphatic heterocycles. The monoisotopic (exact) mass is 378 g/mol. The molecule has 0 bridgehead atoms. The summed E-state index contributed by atoms with van der Waals surface area (Å²) in [5.41, 5.74) is 2.71. The molecule has 0 aliphatic carbocycles. The van der Waals surface area contributed by atoms with Gasteiger partial charge in [-0.25, -0.2) is 0 Å². The highest BCUT2D eigenvalue weighted by Crippen LogP contribution is 2.34. The van der Waals surface area contributed by atoms with Gasteiger partial charge in [0.2, 0.25) is 0 Å². The Hall–Kier alpha value is -2.17. The summed E-state index contributed by atoms with van der Waals surface area (Å²) in [5.74, 6) is 0.0828. The molecular weight excluding hydrogens is 348 g/mol. The van der Waals surface area contributed by atoms with Crippen LogP contribution >= 0.6 is 0 Å². The molecule has 4 nitrogen and oxygen atoms in total. The SMILES string of the molecule is CCOC(=O)C1CCN(C2CN(C(c3ccccc3)c3ccccc3)C2)CC1. The van der Waals surface area contributed by atoms with E-state index < -0.39 is 0 Å². The van der Waals surface area contributed by atoms with Gasteiger partial charge >= 0.3 is 5.97 Å². The molecule has 2 aliphatic rings. The number of carbonyl (C=O) groups is 1. The van der Waals surface area contributed by atoms with Gasteiger partial charge in [-0.05, 0) is 44.0 Å². The quantitative estimate of drug-likeness (QED) is 0.717. The van der Waals surface area contributed by atoms with Crippen LogP contribution in [0.4, 0.5) is 0 Å². The molecule has 0 aromatic heterocycles. The summed E-state index contributed by atoms with van der Waals surface area (Å²) in [6.07, 6.45) is 1.85. The standard InChI is InChI=1S/C24H30N2O2/c1-2-28-24(27)21-13-15-25(16-14-21)22-17-26(18-22)23(19-9-5-3-6-10-19)20-11-7-4-8-12-20/h3-12,21-23H,2,13-18H2,1H3. The zero-order valence-electron chi connectivity index (χ0n) is 16.7. The van der Waals surface area contributed by atoms with Crippen LogP contribution in [0.3, 0.4) is 0 Å². The minimum Gasteiger partial charge on any atom is -0.466 e. The van der Waals surface area contributed by atoms with Crippen LogP contribution in [0.2, 0.25) is 0 Å². The van der Waals surface area contributed by atoms with Gasteiger partial charge in [-0.1, -0.05) is 60.7 Å². The maximum atomic E-state index is 12.0. The van der Waals surface area contributed by atoms with E-state index in [0.717, 1.165) is 39.0 Å². The lowest BCUT2D eigenvalue weighted by atomic mass is 9.90. The van der Waals surface area contributed by atoms with E-state index in [1.807, 2.05) is 6.92 Å². The number of likely N-dealkylation sites (tertiary alicyclic amines) is 2. The zero-order valence-corrected chi connectivity index (χ0v) is 16.7. The zero-order chi connectivity index (χ0) is 19.3. The van der Waals surface area contributed by atoms with Crippen molar-refractivity contribution in [3.63, 3.8) is 0 Å². The molecule has 2 aromatic rings. The lowest BCUT2D eigenvalue weighted by Gasteiger charge is -2.50. The largest absolute Gasteiger partial charge is 0.466 e. The average molecular weight is 379 g/mol. The molecule has 2 heterocycles. The minimum atomic E-state index is -0.00870. The summed E-state index contributed by atoms with van der Waals surface area (Å²) in [4.78, 5) is 17.1. The molecule has 4 heteroatoms. The van der Waals surface area contributed by atoms with Crippen LogP contribution in [0, 0.1) is 5.92 Å². The molecule has 0 atom stereocenters. The Morgan fingerprint density at radius 1 is 0.964 bits per heavy atom. The Labute approximate surface area is 168 Å². The fraction of sp³-hybridized carbons (Fsp3) is 0.458. The topological polar surface area (TPSA) is 32.8 Å². The van der Waals surface area contributed by atoms with Crippen molar-refractivity contribution < 1.29 is 9.53 Å². The molecule has 4 rings (SSSR count). The summed E-state index contributed by atoms with van der Waals surface area (Å²) in [5, 5.41) is 0. The van der Waals surface area contributed by atoms with E-state index in [9.17, 15) is 4.79 Å². The normalized spacial score (nSPS) is 19.5. The molecular formula is C24H30N2O2. The number of carbonyl (C=O) groups excluding carboxylic acids is 1. The van der Waals surface area contributed by atoms with E-state index in [-0.39, 0.29) is 11.9 Å². The van der Waals surface area contributed by atoms with E-state index >= 15 is 0 Å². The van der Waals surface area contributed by atoms with Gasteiger partial charge in [0.25, 0.3) is 0 Å². The lowest BCUT2D eigenvalue weighted by molar-refractivity contribution is -0.150. The average Bonchev–Trinajstić information content (AvgIpc) is 2.72. The molecule has 0 unspecified atom stereocenters. The molecule has 0 amide bonds. The van der Waals surface area contributed by atoms with Crippen LogP contribution in [0.25, 0.3) is 0 Å². The van der Waals surface area contributed by atoms with Crippen LogP contribution < -0.4 is 0 Å². The highest BCUT2D eigenvalue weighted by atomic mass is 16.5. The maximum absolute atomic E-state index is 12.0. The number of ether oxygens (including phenoxy) is 1. The summed E-state index contributed by atoms with van der Waals surface area (Å²) < 4.78 is 5.20.